The minimum atomic E-state index is -0.337. The highest BCUT2D eigenvalue weighted by Crippen LogP contribution is 2.10. The molecule has 18 heavy (non-hydrogen) atoms. The normalized spacial score (nSPS) is 12.8. The van der Waals surface area contributed by atoms with Crippen LogP contribution in [0.25, 0.3) is 0 Å². The molecule has 0 bridgehead atoms. The van der Waals surface area contributed by atoms with Crippen LogP contribution >= 0.6 is 0 Å². The maximum atomic E-state index is 8.99. The molecule has 0 saturated heterocycles. The quantitative estimate of drug-likeness (QED) is 0.471. The van der Waals surface area contributed by atoms with Gasteiger partial charge >= 0.3 is 0 Å². The zero-order valence-electron chi connectivity index (χ0n) is 12.1. The third kappa shape index (κ3) is 15.9. The SMILES string of the molecule is CC(O)COCCCCCCCCCCCCO. The molecule has 2 N–H and O–H groups in total. The molecule has 1 atom stereocenters. The van der Waals surface area contributed by atoms with Gasteiger partial charge in [0.05, 0.1) is 12.7 Å². The first kappa shape index (κ1) is 17.9. The van der Waals surface area contributed by atoms with Crippen molar-refractivity contribution in [3.8, 4) is 0 Å². The average Bonchev–Trinajstić information content (AvgIpc) is 2.34. The van der Waals surface area contributed by atoms with Crippen LogP contribution in [0.1, 0.15) is 71.1 Å². The number of hydrogen-bond donors (Lipinski definition) is 2. The lowest BCUT2D eigenvalue weighted by Crippen LogP contribution is -2.10. The molecule has 0 spiro atoms. The molecule has 0 radical (unpaired) electrons. The first-order valence-corrected chi connectivity index (χ1v) is 7.64. The van der Waals surface area contributed by atoms with E-state index in [2.05, 4.69) is 0 Å². The summed E-state index contributed by atoms with van der Waals surface area (Å²) in [6.45, 7) is 3.34. The van der Waals surface area contributed by atoms with Crippen molar-refractivity contribution in [1.29, 1.82) is 0 Å². The smallest absolute Gasteiger partial charge is 0.0745 e. The van der Waals surface area contributed by atoms with Crippen LogP contribution in [-0.4, -0.2) is 36.1 Å². The summed E-state index contributed by atoms with van der Waals surface area (Å²) < 4.78 is 5.31. The van der Waals surface area contributed by atoms with Gasteiger partial charge in [0, 0.05) is 13.2 Å². The van der Waals surface area contributed by atoms with Crippen molar-refractivity contribution in [1.82, 2.24) is 0 Å². The number of hydrogen-bond acceptors (Lipinski definition) is 3. The molecule has 0 aromatic rings. The summed E-state index contributed by atoms with van der Waals surface area (Å²) >= 11 is 0. The van der Waals surface area contributed by atoms with E-state index in [1.165, 1.54) is 51.4 Å². The van der Waals surface area contributed by atoms with E-state index >= 15 is 0 Å². The lowest BCUT2D eigenvalue weighted by Gasteiger charge is -2.06. The minimum absolute atomic E-state index is 0.337. The van der Waals surface area contributed by atoms with Gasteiger partial charge in [-0.05, 0) is 19.8 Å². The van der Waals surface area contributed by atoms with Crippen LogP contribution in [0.4, 0.5) is 0 Å². The van der Waals surface area contributed by atoms with E-state index in [4.69, 9.17) is 14.9 Å². The van der Waals surface area contributed by atoms with Crippen LogP contribution in [-0.2, 0) is 4.74 Å². The second-order valence-electron chi connectivity index (χ2n) is 5.18. The molecular weight excluding hydrogens is 228 g/mol. The number of ether oxygens (including phenoxy) is 1. The molecule has 3 heteroatoms. The van der Waals surface area contributed by atoms with Crippen molar-refractivity contribution in [2.24, 2.45) is 0 Å². The van der Waals surface area contributed by atoms with Crippen LogP contribution in [0.15, 0.2) is 0 Å². The maximum absolute atomic E-state index is 8.99. The third-order valence-electron chi connectivity index (χ3n) is 3.06. The van der Waals surface area contributed by atoms with Gasteiger partial charge in [-0.3, -0.25) is 0 Å². The van der Waals surface area contributed by atoms with Gasteiger partial charge in [-0.15, -0.1) is 0 Å². The van der Waals surface area contributed by atoms with E-state index in [-0.39, 0.29) is 6.10 Å². The number of unbranched alkanes of at least 4 members (excludes halogenated alkanes) is 9. The summed E-state index contributed by atoms with van der Waals surface area (Å²) in [5.41, 5.74) is 0. The van der Waals surface area contributed by atoms with Crippen LogP contribution in [0.3, 0.4) is 0 Å². The molecule has 0 aromatic carbocycles. The highest BCUT2D eigenvalue weighted by atomic mass is 16.5. The number of aliphatic hydroxyl groups is 2. The predicted octanol–water partition coefficient (Wildman–Crippen LogP) is 3.28. The Balaban J connectivity index is 2.90. The molecule has 0 rings (SSSR count). The predicted molar refractivity (Wildman–Crippen MR) is 75.8 cm³/mol. The molecule has 0 aliphatic carbocycles. The van der Waals surface area contributed by atoms with E-state index in [9.17, 15) is 0 Å². The Bertz CT molecular complexity index is 149. The molecule has 0 aromatic heterocycles. The minimum Gasteiger partial charge on any atom is -0.396 e. The lowest BCUT2D eigenvalue weighted by molar-refractivity contribution is 0.0445. The monoisotopic (exact) mass is 260 g/mol. The molecule has 1 unspecified atom stereocenters. The van der Waals surface area contributed by atoms with Crippen molar-refractivity contribution < 1.29 is 14.9 Å². The van der Waals surface area contributed by atoms with Gasteiger partial charge < -0.3 is 14.9 Å². The summed E-state index contributed by atoms with van der Waals surface area (Å²) in [5, 5.41) is 17.6. The Morgan fingerprint density at radius 3 is 1.67 bits per heavy atom. The zero-order chi connectivity index (χ0) is 13.5. The van der Waals surface area contributed by atoms with Crippen molar-refractivity contribution in [2.45, 2.75) is 77.2 Å². The maximum Gasteiger partial charge on any atom is 0.0745 e. The van der Waals surface area contributed by atoms with E-state index in [1.807, 2.05) is 0 Å². The van der Waals surface area contributed by atoms with Crippen LogP contribution in [0, 0.1) is 0 Å². The van der Waals surface area contributed by atoms with E-state index in [0.717, 1.165) is 19.4 Å². The van der Waals surface area contributed by atoms with Gasteiger partial charge in [-0.1, -0.05) is 51.4 Å². The first-order valence-electron chi connectivity index (χ1n) is 7.64. The molecule has 110 valence electrons. The lowest BCUT2D eigenvalue weighted by atomic mass is 10.1. The molecule has 3 nitrogen and oxygen atoms in total. The van der Waals surface area contributed by atoms with Gasteiger partial charge in [0.1, 0.15) is 0 Å². The zero-order valence-corrected chi connectivity index (χ0v) is 12.1. The van der Waals surface area contributed by atoms with Crippen LogP contribution in [0.5, 0.6) is 0 Å². The molecule has 0 fully saturated rings. The standard InChI is InChI=1S/C15H32O3/c1-15(17)14-18-13-11-9-7-5-3-2-4-6-8-10-12-16/h15-17H,2-14H2,1H3. The van der Waals surface area contributed by atoms with Crippen molar-refractivity contribution in [2.75, 3.05) is 19.8 Å². The van der Waals surface area contributed by atoms with Gasteiger partial charge in [-0.25, -0.2) is 0 Å². The molecule has 0 aliphatic heterocycles. The van der Waals surface area contributed by atoms with Crippen molar-refractivity contribution >= 4 is 0 Å². The Labute approximate surface area is 113 Å². The van der Waals surface area contributed by atoms with E-state index in [1.54, 1.807) is 6.92 Å². The largest absolute Gasteiger partial charge is 0.396 e. The Morgan fingerprint density at radius 1 is 0.778 bits per heavy atom. The molecule has 0 saturated carbocycles. The fraction of sp³-hybridized carbons (Fsp3) is 1.00. The summed E-state index contributed by atoms with van der Waals surface area (Å²) in [4.78, 5) is 0. The Morgan fingerprint density at radius 2 is 1.22 bits per heavy atom. The molecule has 0 amide bonds. The summed E-state index contributed by atoms with van der Waals surface area (Å²) in [5.74, 6) is 0. The fourth-order valence-corrected chi connectivity index (χ4v) is 1.98. The second kappa shape index (κ2) is 14.9. The van der Waals surface area contributed by atoms with Crippen molar-refractivity contribution in [3.05, 3.63) is 0 Å². The summed E-state index contributed by atoms with van der Waals surface area (Å²) in [6.07, 6.45) is 12.1. The van der Waals surface area contributed by atoms with Gasteiger partial charge in [0.25, 0.3) is 0 Å². The van der Waals surface area contributed by atoms with Gasteiger partial charge in [0.15, 0.2) is 0 Å². The molecular formula is C15H32O3. The Kier molecular flexibility index (Phi) is 14.8. The van der Waals surface area contributed by atoms with Crippen LogP contribution in [0.2, 0.25) is 0 Å². The van der Waals surface area contributed by atoms with E-state index < -0.39 is 0 Å². The summed E-state index contributed by atoms with van der Waals surface area (Å²) in [7, 11) is 0. The van der Waals surface area contributed by atoms with Crippen LogP contribution < -0.4 is 0 Å². The van der Waals surface area contributed by atoms with Crippen molar-refractivity contribution in [3.63, 3.8) is 0 Å². The van der Waals surface area contributed by atoms with E-state index in [0.29, 0.717) is 13.2 Å². The number of aliphatic hydroxyl groups excluding tert-OH is 2. The molecule has 0 aliphatic rings. The second-order valence-corrected chi connectivity index (χ2v) is 5.18. The molecule has 0 heterocycles. The summed E-state index contributed by atoms with van der Waals surface area (Å²) in [6, 6.07) is 0. The highest BCUT2D eigenvalue weighted by Gasteiger charge is 1.96. The first-order chi connectivity index (χ1) is 8.77. The fourth-order valence-electron chi connectivity index (χ4n) is 1.98. The Hall–Kier alpha value is -0.120. The van der Waals surface area contributed by atoms with Gasteiger partial charge in [-0.2, -0.15) is 0 Å². The third-order valence-corrected chi connectivity index (χ3v) is 3.06. The number of rotatable bonds is 14. The average molecular weight is 260 g/mol. The highest BCUT2D eigenvalue weighted by molar-refractivity contribution is 4.48. The topological polar surface area (TPSA) is 49.7 Å². The van der Waals surface area contributed by atoms with Gasteiger partial charge in [0.2, 0.25) is 0 Å².